The summed E-state index contributed by atoms with van der Waals surface area (Å²) in [4.78, 5) is 0.282. The molecule has 0 saturated heterocycles. The van der Waals surface area contributed by atoms with E-state index in [-0.39, 0.29) is 17.1 Å². The minimum Gasteiger partial charge on any atom is -0.395 e. The maximum absolute atomic E-state index is 13.6. The average molecular weight is 232 g/mol. The fourth-order valence-electron chi connectivity index (χ4n) is 1.29. The van der Waals surface area contributed by atoms with Crippen LogP contribution < -0.4 is 0 Å². The van der Waals surface area contributed by atoms with E-state index in [0.717, 1.165) is 17.8 Å². The number of hydrogen-bond acceptors (Lipinski definition) is 2. The molecular weight excluding hydrogens is 218 g/mol. The smallest absolute Gasteiger partial charge is 0.137 e. The summed E-state index contributed by atoms with van der Waals surface area (Å²) < 4.78 is 27.0. The van der Waals surface area contributed by atoms with Crippen LogP contribution in [0.4, 0.5) is 8.78 Å². The van der Waals surface area contributed by atoms with Crippen LogP contribution in [0.25, 0.3) is 0 Å². The van der Waals surface area contributed by atoms with Gasteiger partial charge in [0.1, 0.15) is 11.6 Å². The highest BCUT2D eigenvalue weighted by atomic mass is 32.2. The Hall–Kier alpha value is -0.610. The van der Waals surface area contributed by atoms with Crippen molar-refractivity contribution in [2.24, 2.45) is 0 Å². The lowest BCUT2D eigenvalue weighted by Gasteiger charge is -2.23. The Morgan fingerprint density at radius 1 is 1.27 bits per heavy atom. The highest BCUT2D eigenvalue weighted by Gasteiger charge is 2.24. The second-order valence-electron chi connectivity index (χ2n) is 4.01. The molecule has 0 amide bonds. The zero-order valence-corrected chi connectivity index (χ0v) is 9.79. The van der Waals surface area contributed by atoms with Crippen LogP contribution in [-0.4, -0.2) is 18.0 Å². The van der Waals surface area contributed by atoms with Crippen LogP contribution in [0.1, 0.15) is 19.4 Å². The summed E-state index contributed by atoms with van der Waals surface area (Å²) in [6.45, 7) is 3.12. The predicted octanol–water partition coefficient (Wildman–Crippen LogP) is 2.96. The van der Waals surface area contributed by atoms with E-state index in [2.05, 4.69) is 0 Å². The van der Waals surface area contributed by atoms with Gasteiger partial charge < -0.3 is 5.11 Å². The Morgan fingerprint density at radius 3 is 2.33 bits per heavy atom. The molecule has 1 nitrogen and oxygen atoms in total. The number of rotatable bonds is 3. The quantitative estimate of drug-likeness (QED) is 0.808. The van der Waals surface area contributed by atoms with E-state index >= 15 is 0 Å². The van der Waals surface area contributed by atoms with Crippen LogP contribution in [0.5, 0.6) is 0 Å². The van der Waals surface area contributed by atoms with Gasteiger partial charge in [0.2, 0.25) is 0 Å². The van der Waals surface area contributed by atoms with Crippen molar-refractivity contribution in [2.75, 3.05) is 12.9 Å². The molecule has 0 bridgehead atoms. The van der Waals surface area contributed by atoms with Gasteiger partial charge in [0.15, 0.2) is 0 Å². The molecule has 0 heterocycles. The first-order chi connectivity index (χ1) is 6.92. The van der Waals surface area contributed by atoms with Crippen molar-refractivity contribution in [3.8, 4) is 0 Å². The molecule has 0 fully saturated rings. The second kappa shape index (κ2) is 4.49. The first-order valence-corrected chi connectivity index (χ1v) is 5.79. The van der Waals surface area contributed by atoms with Crippen LogP contribution in [-0.2, 0) is 5.41 Å². The number of hydrogen-bond donors (Lipinski definition) is 1. The first-order valence-electron chi connectivity index (χ1n) is 4.56. The zero-order valence-electron chi connectivity index (χ0n) is 8.97. The van der Waals surface area contributed by atoms with E-state index in [1.807, 2.05) is 0 Å². The molecule has 0 atom stereocenters. The van der Waals surface area contributed by atoms with Crippen LogP contribution in [0.2, 0.25) is 0 Å². The van der Waals surface area contributed by atoms with Crippen molar-refractivity contribution < 1.29 is 13.9 Å². The molecule has 0 aliphatic heterocycles. The minimum absolute atomic E-state index is 0.209. The van der Waals surface area contributed by atoms with Gasteiger partial charge in [-0.25, -0.2) is 8.78 Å². The molecule has 1 N–H and O–H groups in total. The third-order valence-electron chi connectivity index (χ3n) is 2.37. The molecule has 0 saturated carbocycles. The SMILES string of the molecule is CSc1cc(F)c(C(C)(C)CO)cc1F. The standard InChI is InChI=1S/C11H14F2OS/c1-11(2,6-14)7-4-9(13)10(15-3)5-8(7)12/h4-5,14H,6H2,1-3H3. The van der Waals surface area contributed by atoms with Crippen LogP contribution >= 0.6 is 11.8 Å². The van der Waals surface area contributed by atoms with Crippen molar-refractivity contribution in [3.05, 3.63) is 29.3 Å². The van der Waals surface area contributed by atoms with Gasteiger partial charge in [0, 0.05) is 10.3 Å². The molecule has 1 aromatic carbocycles. The average Bonchev–Trinajstić information content (AvgIpc) is 2.20. The number of benzene rings is 1. The molecule has 15 heavy (non-hydrogen) atoms. The normalized spacial score (nSPS) is 11.9. The van der Waals surface area contributed by atoms with E-state index in [4.69, 9.17) is 5.11 Å². The lowest BCUT2D eigenvalue weighted by atomic mass is 9.85. The first kappa shape index (κ1) is 12.5. The van der Waals surface area contributed by atoms with E-state index in [9.17, 15) is 8.78 Å². The summed E-state index contributed by atoms with van der Waals surface area (Å²) in [5.74, 6) is -0.916. The molecule has 84 valence electrons. The molecule has 4 heteroatoms. The largest absolute Gasteiger partial charge is 0.395 e. The molecule has 1 aromatic rings. The van der Waals surface area contributed by atoms with Gasteiger partial charge in [-0.2, -0.15) is 0 Å². The molecular formula is C11H14F2OS. The van der Waals surface area contributed by atoms with Crippen LogP contribution in [0, 0.1) is 11.6 Å². The van der Waals surface area contributed by atoms with Gasteiger partial charge in [-0.15, -0.1) is 11.8 Å². The third kappa shape index (κ3) is 2.49. The van der Waals surface area contributed by atoms with Crippen LogP contribution in [0.3, 0.4) is 0 Å². The second-order valence-corrected chi connectivity index (χ2v) is 4.86. The van der Waals surface area contributed by atoms with Gasteiger partial charge in [0.25, 0.3) is 0 Å². The number of aliphatic hydroxyl groups is 1. The Balaban J connectivity index is 3.28. The maximum atomic E-state index is 13.6. The Kier molecular flexibility index (Phi) is 3.73. The summed E-state index contributed by atoms with van der Waals surface area (Å²) in [5, 5.41) is 9.09. The lowest BCUT2D eigenvalue weighted by Crippen LogP contribution is -2.24. The topological polar surface area (TPSA) is 20.2 Å². The van der Waals surface area contributed by atoms with Gasteiger partial charge >= 0.3 is 0 Å². The molecule has 1 rings (SSSR count). The lowest BCUT2D eigenvalue weighted by molar-refractivity contribution is 0.214. The predicted molar refractivity (Wildman–Crippen MR) is 58.3 cm³/mol. The summed E-state index contributed by atoms with van der Waals surface area (Å²) in [7, 11) is 0. The maximum Gasteiger partial charge on any atom is 0.137 e. The summed E-state index contributed by atoms with van der Waals surface area (Å²) >= 11 is 1.16. The Morgan fingerprint density at radius 2 is 1.87 bits per heavy atom. The number of thioether (sulfide) groups is 1. The van der Waals surface area contributed by atoms with Crippen molar-refractivity contribution >= 4 is 11.8 Å². The van der Waals surface area contributed by atoms with Gasteiger partial charge in [-0.05, 0) is 24.0 Å². The molecule has 0 aromatic heterocycles. The minimum atomic E-state index is -0.762. The third-order valence-corrected chi connectivity index (χ3v) is 3.12. The van der Waals surface area contributed by atoms with E-state index in [1.54, 1.807) is 20.1 Å². The van der Waals surface area contributed by atoms with E-state index in [0.29, 0.717) is 0 Å². The van der Waals surface area contributed by atoms with Gasteiger partial charge in [-0.3, -0.25) is 0 Å². The van der Waals surface area contributed by atoms with Gasteiger partial charge in [-0.1, -0.05) is 13.8 Å². The fourth-order valence-corrected chi connectivity index (χ4v) is 1.76. The van der Waals surface area contributed by atoms with E-state index in [1.165, 1.54) is 6.07 Å². The Labute approximate surface area is 92.5 Å². The molecule has 0 unspecified atom stereocenters. The fraction of sp³-hybridized carbons (Fsp3) is 0.455. The van der Waals surface area contributed by atoms with E-state index < -0.39 is 17.0 Å². The molecule has 0 aliphatic carbocycles. The Bertz CT molecular complexity index is 364. The highest BCUT2D eigenvalue weighted by Crippen LogP contribution is 2.30. The summed E-state index contributed by atoms with van der Waals surface area (Å²) in [6, 6.07) is 2.34. The molecule has 0 spiro atoms. The van der Waals surface area contributed by atoms with Crippen molar-refractivity contribution in [3.63, 3.8) is 0 Å². The summed E-state index contributed by atoms with van der Waals surface area (Å²) in [5.41, 5.74) is -0.553. The highest BCUT2D eigenvalue weighted by molar-refractivity contribution is 7.98. The van der Waals surface area contributed by atoms with Gasteiger partial charge in [0.05, 0.1) is 6.61 Å². The zero-order chi connectivity index (χ0) is 11.6. The number of halogens is 2. The van der Waals surface area contributed by atoms with Crippen molar-refractivity contribution in [2.45, 2.75) is 24.2 Å². The van der Waals surface area contributed by atoms with Crippen molar-refractivity contribution in [1.82, 2.24) is 0 Å². The molecule has 0 aliphatic rings. The number of aliphatic hydroxyl groups excluding tert-OH is 1. The monoisotopic (exact) mass is 232 g/mol. The molecule has 0 radical (unpaired) electrons. The van der Waals surface area contributed by atoms with Crippen LogP contribution in [0.15, 0.2) is 17.0 Å². The van der Waals surface area contributed by atoms with Crippen molar-refractivity contribution in [1.29, 1.82) is 0 Å². The summed E-state index contributed by atoms with van der Waals surface area (Å²) in [6.07, 6.45) is 1.69.